The second kappa shape index (κ2) is 6.16. The first-order valence-corrected chi connectivity index (χ1v) is 7.91. The lowest BCUT2D eigenvalue weighted by molar-refractivity contribution is -0.0628. The fraction of sp³-hybridized carbons (Fsp3) is 0.588. The van der Waals surface area contributed by atoms with E-state index in [1.165, 1.54) is 5.52 Å². The molecule has 0 amide bonds. The van der Waals surface area contributed by atoms with Crippen LogP contribution in [0.5, 0.6) is 0 Å². The largest absolute Gasteiger partial charge is 0.375 e. The highest BCUT2D eigenvalue weighted by molar-refractivity contribution is 5.74. The summed E-state index contributed by atoms with van der Waals surface area (Å²) in [6.45, 7) is 7.29. The van der Waals surface area contributed by atoms with Gasteiger partial charge in [-0.2, -0.15) is 0 Å². The quantitative estimate of drug-likeness (QED) is 0.859. The number of imidazole rings is 1. The maximum Gasteiger partial charge on any atom is 0.0958 e. The topological polar surface area (TPSA) is 39.1 Å². The highest BCUT2D eigenvalue weighted by Crippen LogP contribution is 2.23. The van der Waals surface area contributed by atoms with Gasteiger partial charge in [-0.1, -0.05) is 12.1 Å². The molecule has 1 saturated heterocycles. The van der Waals surface area contributed by atoms with E-state index in [-0.39, 0.29) is 5.60 Å². The first-order chi connectivity index (χ1) is 10.1. The predicted octanol–water partition coefficient (Wildman–Crippen LogP) is 2.97. The number of para-hydroxylation sites is 2. The lowest BCUT2D eigenvalue weighted by atomic mass is 9.94. The Bertz CT molecular complexity index is 590. The van der Waals surface area contributed by atoms with Crippen molar-refractivity contribution in [3.05, 3.63) is 30.6 Å². The molecule has 1 fully saturated rings. The lowest BCUT2D eigenvalue weighted by Gasteiger charge is -2.36. The van der Waals surface area contributed by atoms with Gasteiger partial charge in [-0.25, -0.2) is 4.98 Å². The van der Waals surface area contributed by atoms with E-state index in [1.54, 1.807) is 0 Å². The van der Waals surface area contributed by atoms with Gasteiger partial charge in [0.05, 0.1) is 23.0 Å². The molecule has 4 nitrogen and oxygen atoms in total. The highest BCUT2D eigenvalue weighted by atomic mass is 16.5. The summed E-state index contributed by atoms with van der Waals surface area (Å²) in [4.78, 5) is 4.43. The minimum atomic E-state index is 0.0243. The van der Waals surface area contributed by atoms with Crippen molar-refractivity contribution in [2.24, 2.45) is 0 Å². The summed E-state index contributed by atoms with van der Waals surface area (Å²) in [5.74, 6) is 0. The van der Waals surface area contributed by atoms with E-state index < -0.39 is 0 Å². The van der Waals surface area contributed by atoms with Crippen molar-refractivity contribution in [2.75, 3.05) is 13.2 Å². The van der Waals surface area contributed by atoms with Crippen LogP contribution in [-0.2, 0) is 11.3 Å². The molecule has 0 saturated carbocycles. The van der Waals surface area contributed by atoms with Crippen LogP contribution in [0, 0.1) is 0 Å². The molecule has 2 aromatic rings. The van der Waals surface area contributed by atoms with E-state index in [9.17, 15) is 0 Å². The van der Waals surface area contributed by atoms with Crippen LogP contribution in [0.3, 0.4) is 0 Å². The summed E-state index contributed by atoms with van der Waals surface area (Å²) in [5.41, 5.74) is 2.33. The average Bonchev–Trinajstić information content (AvgIpc) is 2.86. The molecule has 0 radical (unpaired) electrons. The maximum atomic E-state index is 5.76. The Morgan fingerprint density at radius 3 is 3.10 bits per heavy atom. The van der Waals surface area contributed by atoms with E-state index in [4.69, 9.17) is 4.74 Å². The van der Waals surface area contributed by atoms with E-state index in [1.807, 2.05) is 12.4 Å². The molecule has 1 aromatic carbocycles. The minimum Gasteiger partial charge on any atom is -0.375 e. The Balaban J connectivity index is 1.46. The molecule has 1 N–H and O–H groups in total. The molecule has 21 heavy (non-hydrogen) atoms. The maximum absolute atomic E-state index is 5.76. The number of hydrogen-bond donors (Lipinski definition) is 1. The minimum absolute atomic E-state index is 0.0243. The van der Waals surface area contributed by atoms with E-state index in [2.05, 4.69) is 46.9 Å². The van der Waals surface area contributed by atoms with Crippen molar-refractivity contribution in [3.63, 3.8) is 0 Å². The molecule has 1 atom stereocenters. The zero-order valence-electron chi connectivity index (χ0n) is 13.0. The number of fused-ring (bicyclic) bond motifs is 1. The van der Waals surface area contributed by atoms with Crippen molar-refractivity contribution >= 4 is 11.0 Å². The van der Waals surface area contributed by atoms with Crippen molar-refractivity contribution in [1.82, 2.24) is 14.9 Å². The summed E-state index contributed by atoms with van der Waals surface area (Å²) >= 11 is 0. The van der Waals surface area contributed by atoms with Gasteiger partial charge in [-0.3, -0.25) is 0 Å². The van der Waals surface area contributed by atoms with Gasteiger partial charge in [0.25, 0.3) is 0 Å². The van der Waals surface area contributed by atoms with Gasteiger partial charge < -0.3 is 14.6 Å². The Morgan fingerprint density at radius 1 is 1.38 bits per heavy atom. The molecule has 1 aromatic heterocycles. The van der Waals surface area contributed by atoms with Crippen molar-refractivity contribution in [3.8, 4) is 0 Å². The third-order valence-electron chi connectivity index (χ3n) is 4.23. The third kappa shape index (κ3) is 3.63. The van der Waals surface area contributed by atoms with Crippen LogP contribution in [0.25, 0.3) is 11.0 Å². The van der Waals surface area contributed by atoms with Crippen LogP contribution in [0.1, 0.15) is 33.1 Å². The van der Waals surface area contributed by atoms with Crippen LogP contribution >= 0.6 is 0 Å². The molecule has 114 valence electrons. The second-order valence-electron chi connectivity index (χ2n) is 6.53. The number of ether oxygens (including phenoxy) is 1. The number of nitrogens with zero attached hydrogens (tertiary/aromatic N) is 2. The molecule has 4 heteroatoms. The van der Waals surface area contributed by atoms with Crippen molar-refractivity contribution in [1.29, 1.82) is 0 Å². The second-order valence-corrected chi connectivity index (χ2v) is 6.53. The Kier molecular flexibility index (Phi) is 4.27. The molecule has 3 rings (SSSR count). The molecule has 1 aliphatic rings. The van der Waals surface area contributed by atoms with Crippen LogP contribution in [-0.4, -0.2) is 34.3 Å². The number of benzene rings is 1. The molecule has 0 aliphatic carbocycles. The van der Waals surface area contributed by atoms with Crippen LogP contribution in [0.15, 0.2) is 30.6 Å². The summed E-state index contributed by atoms with van der Waals surface area (Å²) in [6, 6.07) is 8.90. The van der Waals surface area contributed by atoms with Gasteiger partial charge in [0.2, 0.25) is 0 Å². The van der Waals surface area contributed by atoms with E-state index in [0.29, 0.717) is 6.04 Å². The zero-order valence-corrected chi connectivity index (χ0v) is 13.0. The van der Waals surface area contributed by atoms with Crippen LogP contribution in [0.4, 0.5) is 0 Å². The molecule has 1 unspecified atom stereocenters. The third-order valence-corrected chi connectivity index (χ3v) is 4.23. The van der Waals surface area contributed by atoms with Gasteiger partial charge in [0.1, 0.15) is 0 Å². The van der Waals surface area contributed by atoms with Gasteiger partial charge in [0, 0.05) is 19.2 Å². The van der Waals surface area contributed by atoms with Gasteiger partial charge in [-0.15, -0.1) is 0 Å². The average molecular weight is 287 g/mol. The summed E-state index contributed by atoms with van der Waals surface area (Å²) < 4.78 is 8.00. The number of aryl methyl sites for hydroxylation is 1. The summed E-state index contributed by atoms with van der Waals surface area (Å²) in [5, 5.41) is 3.67. The molecule has 2 heterocycles. The Morgan fingerprint density at radius 2 is 2.24 bits per heavy atom. The predicted molar refractivity (Wildman–Crippen MR) is 85.4 cm³/mol. The van der Waals surface area contributed by atoms with E-state index >= 15 is 0 Å². The number of rotatable bonds is 5. The fourth-order valence-electron chi connectivity index (χ4n) is 3.15. The lowest BCUT2D eigenvalue weighted by Crippen LogP contribution is -2.44. The van der Waals surface area contributed by atoms with E-state index in [0.717, 1.165) is 44.5 Å². The molecule has 0 spiro atoms. The number of hydrogen-bond acceptors (Lipinski definition) is 3. The molecular formula is C17H25N3O. The zero-order chi connectivity index (χ0) is 14.7. The fourth-order valence-corrected chi connectivity index (χ4v) is 3.15. The number of aromatic nitrogens is 2. The Labute approximate surface area is 126 Å². The SMILES string of the molecule is CC1(C)CC(NCCCn2cnc3ccccc32)CCO1. The number of nitrogens with one attached hydrogen (secondary N) is 1. The molecule has 1 aliphatic heterocycles. The van der Waals surface area contributed by atoms with Crippen LogP contribution < -0.4 is 5.32 Å². The smallest absolute Gasteiger partial charge is 0.0958 e. The highest BCUT2D eigenvalue weighted by Gasteiger charge is 2.28. The summed E-state index contributed by atoms with van der Waals surface area (Å²) in [6.07, 6.45) is 5.29. The first-order valence-electron chi connectivity index (χ1n) is 7.91. The van der Waals surface area contributed by atoms with Crippen LogP contribution in [0.2, 0.25) is 0 Å². The van der Waals surface area contributed by atoms with Gasteiger partial charge in [-0.05, 0) is 51.8 Å². The van der Waals surface area contributed by atoms with Crippen molar-refractivity contribution < 1.29 is 4.74 Å². The van der Waals surface area contributed by atoms with Crippen molar-refractivity contribution in [2.45, 2.75) is 51.3 Å². The van der Waals surface area contributed by atoms with Gasteiger partial charge >= 0.3 is 0 Å². The monoisotopic (exact) mass is 287 g/mol. The first kappa shape index (κ1) is 14.5. The van der Waals surface area contributed by atoms with Gasteiger partial charge in [0.15, 0.2) is 0 Å². The Hall–Kier alpha value is -1.39. The summed E-state index contributed by atoms with van der Waals surface area (Å²) in [7, 11) is 0. The standard InChI is InChI=1S/C17H25N3O/c1-17(2)12-14(8-11-21-17)18-9-5-10-20-13-19-15-6-3-4-7-16(15)20/h3-4,6-7,13-14,18H,5,8-12H2,1-2H3. The molecule has 0 bridgehead atoms. The normalized spacial score (nSPS) is 21.7. The molecular weight excluding hydrogens is 262 g/mol.